The van der Waals surface area contributed by atoms with E-state index >= 15 is 0 Å². The Morgan fingerprint density at radius 1 is 1.38 bits per heavy atom. The highest BCUT2D eigenvalue weighted by molar-refractivity contribution is 5.99. The minimum absolute atomic E-state index is 0.0557. The number of benzene rings is 1. The standard InChI is InChI=1S/C16H21F3N4O/c1-10(2)23-16(14(18)19)21-15(22-23)12-3-5-13(6-4-12)24-9-11(7-17)8-20/h3-7,10,14,16H,8-9,20H2,1-2H3,(H,21,22)/b11-7+. The van der Waals surface area contributed by atoms with Crippen molar-refractivity contribution < 1.29 is 17.9 Å². The molecule has 0 saturated heterocycles. The molecule has 0 fully saturated rings. The van der Waals surface area contributed by atoms with Gasteiger partial charge in [0, 0.05) is 23.7 Å². The molecule has 132 valence electrons. The summed E-state index contributed by atoms with van der Waals surface area (Å²) in [7, 11) is 0. The van der Waals surface area contributed by atoms with E-state index in [9.17, 15) is 13.2 Å². The van der Waals surface area contributed by atoms with Crippen LogP contribution in [-0.2, 0) is 0 Å². The SMILES string of the molecule is CC(C)N1N=C(c2ccc(OC/C(=C/F)CN)cc2)NC1C(F)F. The Bertz CT molecular complexity index is 602. The Hall–Kier alpha value is -2.22. The molecule has 0 aromatic heterocycles. The minimum atomic E-state index is -2.56. The van der Waals surface area contributed by atoms with Crippen LogP contribution in [0.5, 0.6) is 5.75 Å². The van der Waals surface area contributed by atoms with E-state index in [2.05, 4.69) is 10.4 Å². The van der Waals surface area contributed by atoms with Gasteiger partial charge in [0.1, 0.15) is 12.4 Å². The smallest absolute Gasteiger partial charge is 0.278 e. The zero-order chi connectivity index (χ0) is 17.7. The maximum absolute atomic E-state index is 13.1. The van der Waals surface area contributed by atoms with Crippen LogP contribution in [0.25, 0.3) is 0 Å². The van der Waals surface area contributed by atoms with Crippen LogP contribution < -0.4 is 15.8 Å². The van der Waals surface area contributed by atoms with Crippen molar-refractivity contribution in [2.75, 3.05) is 13.2 Å². The van der Waals surface area contributed by atoms with Crippen LogP contribution in [0.15, 0.2) is 41.3 Å². The Balaban J connectivity index is 2.07. The lowest BCUT2D eigenvalue weighted by Gasteiger charge is -2.25. The van der Waals surface area contributed by atoms with Crippen molar-refractivity contribution in [3.05, 3.63) is 41.7 Å². The average Bonchev–Trinajstić information content (AvgIpc) is 3.02. The molecule has 1 aliphatic heterocycles. The highest BCUT2D eigenvalue weighted by atomic mass is 19.3. The topological polar surface area (TPSA) is 62.9 Å². The van der Waals surface area contributed by atoms with E-state index in [-0.39, 0.29) is 19.2 Å². The summed E-state index contributed by atoms with van der Waals surface area (Å²) in [6, 6.07) is 6.59. The number of alkyl halides is 2. The summed E-state index contributed by atoms with van der Waals surface area (Å²) in [6.07, 6.45) is -3.27. The number of hydrogen-bond donors (Lipinski definition) is 2. The van der Waals surface area contributed by atoms with E-state index in [0.29, 0.717) is 29.1 Å². The van der Waals surface area contributed by atoms with E-state index in [4.69, 9.17) is 10.5 Å². The second-order valence-corrected chi connectivity index (χ2v) is 5.63. The van der Waals surface area contributed by atoms with Gasteiger partial charge in [0.15, 0.2) is 12.0 Å². The summed E-state index contributed by atoms with van der Waals surface area (Å²) in [5.74, 6) is 0.906. The zero-order valence-corrected chi connectivity index (χ0v) is 13.5. The van der Waals surface area contributed by atoms with Gasteiger partial charge in [0.05, 0.1) is 6.33 Å². The third-order valence-electron chi connectivity index (χ3n) is 3.52. The molecule has 0 bridgehead atoms. The van der Waals surface area contributed by atoms with Gasteiger partial charge >= 0.3 is 0 Å². The van der Waals surface area contributed by atoms with Crippen LogP contribution in [0.3, 0.4) is 0 Å². The number of hydrogen-bond acceptors (Lipinski definition) is 5. The lowest BCUT2D eigenvalue weighted by molar-refractivity contribution is 0.0149. The van der Waals surface area contributed by atoms with Gasteiger partial charge in [0.2, 0.25) is 0 Å². The van der Waals surface area contributed by atoms with Gasteiger partial charge in [-0.15, -0.1) is 0 Å². The minimum Gasteiger partial charge on any atom is -0.489 e. The lowest BCUT2D eigenvalue weighted by atomic mass is 10.2. The predicted molar refractivity (Wildman–Crippen MR) is 86.6 cm³/mol. The van der Waals surface area contributed by atoms with E-state index in [0.717, 1.165) is 0 Å². The van der Waals surface area contributed by atoms with Crippen molar-refractivity contribution in [1.29, 1.82) is 0 Å². The molecule has 5 nitrogen and oxygen atoms in total. The van der Waals surface area contributed by atoms with Crippen molar-refractivity contribution in [3.8, 4) is 5.75 Å². The molecular formula is C16H21F3N4O. The maximum Gasteiger partial charge on any atom is 0.278 e. The zero-order valence-electron chi connectivity index (χ0n) is 13.5. The van der Waals surface area contributed by atoms with Crippen LogP contribution in [0, 0.1) is 0 Å². The Labute approximate surface area is 139 Å². The molecule has 0 amide bonds. The summed E-state index contributed by atoms with van der Waals surface area (Å²) in [5, 5.41) is 8.32. The first kappa shape index (κ1) is 18.1. The molecule has 24 heavy (non-hydrogen) atoms. The quantitative estimate of drug-likeness (QED) is 0.799. The van der Waals surface area contributed by atoms with Gasteiger partial charge in [-0.2, -0.15) is 5.10 Å². The second kappa shape index (κ2) is 8.05. The van der Waals surface area contributed by atoms with Gasteiger partial charge in [-0.25, -0.2) is 13.2 Å². The number of hydrazone groups is 1. The van der Waals surface area contributed by atoms with Gasteiger partial charge in [-0.1, -0.05) is 0 Å². The first-order valence-electron chi connectivity index (χ1n) is 7.59. The number of amidine groups is 1. The monoisotopic (exact) mass is 342 g/mol. The normalized spacial score (nSPS) is 18.2. The lowest BCUT2D eigenvalue weighted by Crippen LogP contribution is -2.46. The second-order valence-electron chi connectivity index (χ2n) is 5.63. The van der Waals surface area contributed by atoms with Crippen LogP contribution in [0.1, 0.15) is 19.4 Å². The van der Waals surface area contributed by atoms with Crippen molar-refractivity contribution in [3.63, 3.8) is 0 Å². The molecule has 0 aliphatic carbocycles. The molecule has 0 spiro atoms. The van der Waals surface area contributed by atoms with Gasteiger partial charge in [0.25, 0.3) is 6.43 Å². The molecular weight excluding hydrogens is 321 g/mol. The van der Waals surface area contributed by atoms with Crippen molar-refractivity contribution in [1.82, 2.24) is 10.3 Å². The first-order chi connectivity index (χ1) is 11.5. The number of nitrogens with zero attached hydrogens (tertiary/aromatic N) is 2. The molecule has 0 radical (unpaired) electrons. The summed E-state index contributed by atoms with van der Waals surface area (Å²) in [5.41, 5.74) is 6.35. The fourth-order valence-corrected chi connectivity index (χ4v) is 2.19. The molecule has 1 unspecified atom stereocenters. The van der Waals surface area contributed by atoms with Gasteiger partial charge in [-0.05, 0) is 38.1 Å². The highest BCUT2D eigenvalue weighted by Gasteiger charge is 2.34. The highest BCUT2D eigenvalue weighted by Crippen LogP contribution is 2.20. The van der Waals surface area contributed by atoms with E-state index in [1.54, 1.807) is 38.1 Å². The van der Waals surface area contributed by atoms with Gasteiger partial charge < -0.3 is 15.8 Å². The summed E-state index contributed by atoms with van der Waals surface area (Å²) in [6.45, 7) is 3.73. The Morgan fingerprint density at radius 2 is 2.04 bits per heavy atom. The molecule has 0 saturated carbocycles. The third-order valence-corrected chi connectivity index (χ3v) is 3.52. The molecule has 1 atom stereocenters. The molecule has 2 rings (SSSR count). The van der Waals surface area contributed by atoms with E-state index in [1.165, 1.54) is 5.01 Å². The van der Waals surface area contributed by atoms with Crippen LogP contribution in [0.4, 0.5) is 13.2 Å². The summed E-state index contributed by atoms with van der Waals surface area (Å²) < 4.78 is 44.0. The molecule has 8 heteroatoms. The number of halogens is 3. The number of rotatable bonds is 7. The van der Waals surface area contributed by atoms with Crippen molar-refractivity contribution >= 4 is 5.84 Å². The average molecular weight is 342 g/mol. The van der Waals surface area contributed by atoms with Gasteiger partial charge in [-0.3, -0.25) is 5.01 Å². The largest absolute Gasteiger partial charge is 0.489 e. The molecule has 1 aromatic rings. The Kier molecular flexibility index (Phi) is 6.08. The van der Waals surface area contributed by atoms with Crippen molar-refractivity contribution in [2.45, 2.75) is 32.5 Å². The predicted octanol–water partition coefficient (Wildman–Crippen LogP) is 2.44. The third kappa shape index (κ3) is 4.19. The van der Waals surface area contributed by atoms with Crippen LogP contribution in [-0.4, -0.2) is 42.6 Å². The molecule has 1 heterocycles. The number of ether oxygens (including phenoxy) is 1. The van der Waals surface area contributed by atoms with Crippen LogP contribution >= 0.6 is 0 Å². The fraction of sp³-hybridized carbons (Fsp3) is 0.438. The molecule has 1 aliphatic rings. The Morgan fingerprint density at radius 3 is 2.50 bits per heavy atom. The maximum atomic E-state index is 13.1. The molecule has 1 aromatic carbocycles. The first-order valence-corrected chi connectivity index (χ1v) is 7.59. The fourth-order valence-electron chi connectivity index (χ4n) is 2.19. The van der Waals surface area contributed by atoms with E-state index in [1.807, 2.05) is 0 Å². The van der Waals surface area contributed by atoms with E-state index < -0.39 is 12.6 Å². The van der Waals surface area contributed by atoms with Crippen molar-refractivity contribution in [2.24, 2.45) is 10.8 Å². The number of nitrogens with two attached hydrogens (primary N) is 1. The number of nitrogens with one attached hydrogen (secondary N) is 1. The van der Waals surface area contributed by atoms with Crippen LogP contribution in [0.2, 0.25) is 0 Å². The summed E-state index contributed by atoms with van der Waals surface area (Å²) in [4.78, 5) is 0. The molecule has 3 N–H and O–H groups in total. The summed E-state index contributed by atoms with van der Waals surface area (Å²) >= 11 is 0.